The van der Waals surface area contributed by atoms with Crippen LogP contribution in [-0.2, 0) is 0 Å². The zero-order chi connectivity index (χ0) is 14.8. The van der Waals surface area contributed by atoms with Gasteiger partial charge in [-0.2, -0.15) is 10.2 Å². The first kappa shape index (κ1) is 12.9. The van der Waals surface area contributed by atoms with Gasteiger partial charge >= 0.3 is 0 Å². The van der Waals surface area contributed by atoms with Crippen LogP contribution >= 0.6 is 0 Å². The van der Waals surface area contributed by atoms with Gasteiger partial charge in [0, 0.05) is 11.8 Å². The molecule has 0 N–H and O–H groups in total. The maximum atomic E-state index is 13.6. The highest BCUT2D eigenvalue weighted by molar-refractivity contribution is 5.59. The summed E-state index contributed by atoms with van der Waals surface area (Å²) in [5.41, 5.74) is 0.291. The van der Waals surface area contributed by atoms with Gasteiger partial charge in [0.15, 0.2) is 5.82 Å². The van der Waals surface area contributed by atoms with E-state index in [1.807, 2.05) is 6.07 Å². The molecule has 3 rings (SSSR count). The van der Waals surface area contributed by atoms with Crippen LogP contribution in [0.4, 0.5) is 8.78 Å². The third-order valence-corrected chi connectivity index (χ3v) is 2.67. The molecule has 2 heterocycles. The van der Waals surface area contributed by atoms with E-state index >= 15 is 0 Å². The lowest BCUT2D eigenvalue weighted by molar-refractivity contribution is 0.431. The Morgan fingerprint density at radius 3 is 2.81 bits per heavy atom. The number of pyridine rings is 1. The third-order valence-electron chi connectivity index (χ3n) is 2.67. The zero-order valence-corrected chi connectivity index (χ0v) is 10.4. The number of nitrogens with zero attached hydrogens (tertiary/aromatic N) is 4. The van der Waals surface area contributed by atoms with Crippen molar-refractivity contribution < 1.29 is 13.3 Å². The lowest BCUT2D eigenvalue weighted by Gasteiger charge is -1.96. The van der Waals surface area contributed by atoms with E-state index in [4.69, 9.17) is 9.78 Å². The highest BCUT2D eigenvalue weighted by Crippen LogP contribution is 2.24. The zero-order valence-electron chi connectivity index (χ0n) is 10.4. The number of hydrogen-bond acceptors (Lipinski definition) is 5. The van der Waals surface area contributed by atoms with Crippen molar-refractivity contribution in [3.63, 3.8) is 0 Å². The minimum Gasteiger partial charge on any atom is -0.334 e. The largest absolute Gasteiger partial charge is 0.334 e. The van der Waals surface area contributed by atoms with Crippen LogP contribution in [-0.4, -0.2) is 15.1 Å². The van der Waals surface area contributed by atoms with E-state index in [0.29, 0.717) is 0 Å². The van der Waals surface area contributed by atoms with E-state index in [9.17, 15) is 8.78 Å². The summed E-state index contributed by atoms with van der Waals surface area (Å²) >= 11 is 0. The molecule has 0 radical (unpaired) electrons. The Hall–Kier alpha value is -3.14. The molecule has 0 saturated carbocycles. The molecule has 0 bridgehead atoms. The molecule has 0 aliphatic carbocycles. The van der Waals surface area contributed by atoms with Crippen LogP contribution in [0.2, 0.25) is 0 Å². The average molecular weight is 284 g/mol. The molecular weight excluding hydrogens is 278 g/mol. The summed E-state index contributed by atoms with van der Waals surface area (Å²) in [4.78, 5) is 7.79. The van der Waals surface area contributed by atoms with Crippen LogP contribution in [0.15, 0.2) is 41.1 Å². The number of halogens is 2. The van der Waals surface area contributed by atoms with E-state index in [2.05, 4.69) is 15.1 Å². The molecule has 0 atom stereocenters. The van der Waals surface area contributed by atoms with E-state index in [1.54, 1.807) is 0 Å². The standard InChI is InChI=1S/C14H6F2N4O/c15-10-5-8(7-17)4-9(6-10)14-19-13(20-21-14)12-11(16)2-1-3-18-12/h1-6H. The first-order chi connectivity index (χ1) is 10.2. The number of aromatic nitrogens is 3. The monoisotopic (exact) mass is 284 g/mol. The summed E-state index contributed by atoms with van der Waals surface area (Å²) in [5.74, 6) is -1.27. The van der Waals surface area contributed by atoms with E-state index in [1.165, 1.54) is 24.4 Å². The quantitative estimate of drug-likeness (QED) is 0.723. The second kappa shape index (κ2) is 5.09. The van der Waals surface area contributed by atoms with Crippen LogP contribution in [0.3, 0.4) is 0 Å². The van der Waals surface area contributed by atoms with Crippen molar-refractivity contribution in [3.05, 3.63) is 53.7 Å². The van der Waals surface area contributed by atoms with Crippen molar-refractivity contribution in [2.24, 2.45) is 0 Å². The van der Waals surface area contributed by atoms with Crippen LogP contribution in [0, 0.1) is 23.0 Å². The molecule has 0 spiro atoms. The molecule has 3 aromatic rings. The molecule has 1 aromatic carbocycles. The van der Waals surface area contributed by atoms with Gasteiger partial charge in [0.25, 0.3) is 5.89 Å². The SMILES string of the molecule is N#Cc1cc(F)cc(-c2nc(-c3ncccc3F)no2)c1. The number of benzene rings is 1. The van der Waals surface area contributed by atoms with Gasteiger partial charge in [0.2, 0.25) is 5.82 Å². The average Bonchev–Trinajstić information content (AvgIpc) is 2.96. The number of nitriles is 1. The van der Waals surface area contributed by atoms with E-state index in [-0.39, 0.29) is 28.5 Å². The third kappa shape index (κ3) is 2.47. The first-order valence-electron chi connectivity index (χ1n) is 5.83. The van der Waals surface area contributed by atoms with Crippen molar-refractivity contribution >= 4 is 0 Å². The highest BCUT2D eigenvalue weighted by atomic mass is 19.1. The molecule has 102 valence electrons. The topological polar surface area (TPSA) is 75.6 Å². The predicted octanol–water partition coefficient (Wildman–Crippen LogP) is 2.95. The number of rotatable bonds is 2. The molecule has 0 fully saturated rings. The van der Waals surface area contributed by atoms with Crippen molar-refractivity contribution in [2.75, 3.05) is 0 Å². The lowest BCUT2D eigenvalue weighted by Crippen LogP contribution is -1.90. The fourth-order valence-corrected chi connectivity index (χ4v) is 1.76. The Morgan fingerprint density at radius 2 is 2.05 bits per heavy atom. The van der Waals surface area contributed by atoms with Crippen molar-refractivity contribution in [1.29, 1.82) is 5.26 Å². The van der Waals surface area contributed by atoms with Gasteiger partial charge in [-0.25, -0.2) is 13.8 Å². The molecule has 2 aromatic heterocycles. The fourth-order valence-electron chi connectivity index (χ4n) is 1.76. The van der Waals surface area contributed by atoms with Gasteiger partial charge in [0.05, 0.1) is 11.6 Å². The molecule has 0 aliphatic heterocycles. The van der Waals surface area contributed by atoms with Gasteiger partial charge in [-0.15, -0.1) is 0 Å². The maximum Gasteiger partial charge on any atom is 0.258 e. The lowest BCUT2D eigenvalue weighted by atomic mass is 10.1. The minimum atomic E-state index is -0.604. The van der Waals surface area contributed by atoms with Crippen LogP contribution in [0.5, 0.6) is 0 Å². The molecule has 21 heavy (non-hydrogen) atoms. The maximum absolute atomic E-state index is 13.6. The molecule has 5 nitrogen and oxygen atoms in total. The Balaban J connectivity index is 2.05. The summed E-state index contributed by atoms with van der Waals surface area (Å²) in [5, 5.41) is 12.4. The predicted molar refractivity (Wildman–Crippen MR) is 67.6 cm³/mol. The first-order valence-corrected chi connectivity index (χ1v) is 5.83. The van der Waals surface area contributed by atoms with Crippen LogP contribution in [0.1, 0.15) is 5.56 Å². The van der Waals surface area contributed by atoms with Crippen LogP contribution in [0.25, 0.3) is 23.0 Å². The van der Waals surface area contributed by atoms with Crippen molar-refractivity contribution in [2.45, 2.75) is 0 Å². The van der Waals surface area contributed by atoms with Gasteiger partial charge in [-0.1, -0.05) is 5.16 Å². The molecule has 0 aliphatic rings. The van der Waals surface area contributed by atoms with E-state index < -0.39 is 11.6 Å². The molecule has 0 unspecified atom stereocenters. The summed E-state index contributed by atoms with van der Waals surface area (Å²) < 4.78 is 31.9. The Morgan fingerprint density at radius 1 is 1.19 bits per heavy atom. The molecular formula is C14H6F2N4O. The summed E-state index contributed by atoms with van der Waals surface area (Å²) in [6.07, 6.45) is 1.39. The molecule has 0 saturated heterocycles. The molecule has 7 heteroatoms. The molecule has 0 amide bonds. The van der Waals surface area contributed by atoms with Gasteiger partial charge in [0.1, 0.15) is 11.5 Å². The fraction of sp³-hybridized carbons (Fsp3) is 0. The summed E-state index contributed by atoms with van der Waals surface area (Å²) in [6.45, 7) is 0. The second-order valence-corrected chi connectivity index (χ2v) is 4.10. The Labute approximate surface area is 117 Å². The Kier molecular flexibility index (Phi) is 3.12. The van der Waals surface area contributed by atoms with Crippen molar-refractivity contribution in [1.82, 2.24) is 15.1 Å². The summed E-state index contributed by atoms with van der Waals surface area (Å²) in [6, 6.07) is 8.10. The van der Waals surface area contributed by atoms with Gasteiger partial charge in [-0.3, -0.25) is 0 Å². The highest BCUT2D eigenvalue weighted by Gasteiger charge is 2.16. The minimum absolute atomic E-state index is 0.0222. The van der Waals surface area contributed by atoms with E-state index in [0.717, 1.165) is 12.1 Å². The van der Waals surface area contributed by atoms with Crippen molar-refractivity contribution in [3.8, 4) is 29.0 Å². The smallest absolute Gasteiger partial charge is 0.258 e. The second-order valence-electron chi connectivity index (χ2n) is 4.10. The van der Waals surface area contributed by atoms with Gasteiger partial charge < -0.3 is 4.52 Å². The number of hydrogen-bond donors (Lipinski definition) is 0. The van der Waals surface area contributed by atoms with Crippen LogP contribution < -0.4 is 0 Å². The Bertz CT molecular complexity index is 854. The van der Waals surface area contributed by atoms with Gasteiger partial charge in [-0.05, 0) is 30.3 Å². The normalized spacial score (nSPS) is 10.3. The summed E-state index contributed by atoms with van der Waals surface area (Å²) in [7, 11) is 0.